The third kappa shape index (κ3) is 4.03. The molecule has 0 saturated carbocycles. The average molecular weight is 389 g/mol. The van der Waals surface area contributed by atoms with Crippen LogP contribution in [0.5, 0.6) is 5.75 Å². The maximum atomic E-state index is 12.5. The number of anilines is 1. The predicted molar refractivity (Wildman–Crippen MR) is 105 cm³/mol. The quantitative estimate of drug-likeness (QED) is 0.748. The lowest BCUT2D eigenvalue weighted by Crippen LogP contribution is -2.33. The number of rotatable bonds is 5. The second kappa shape index (κ2) is 7.85. The summed E-state index contributed by atoms with van der Waals surface area (Å²) in [6, 6.07) is 12.9. The van der Waals surface area contributed by atoms with Crippen molar-refractivity contribution in [1.82, 2.24) is 4.90 Å². The van der Waals surface area contributed by atoms with E-state index in [0.717, 1.165) is 22.9 Å². The molecular formula is C19H17ClN2O3S. The molecule has 0 bridgehead atoms. The molecule has 1 heterocycles. The summed E-state index contributed by atoms with van der Waals surface area (Å²) >= 11 is 7.02. The highest BCUT2D eigenvalue weighted by molar-refractivity contribution is 8.18. The second-order valence-electron chi connectivity index (χ2n) is 5.70. The van der Waals surface area contributed by atoms with Gasteiger partial charge in [-0.1, -0.05) is 41.4 Å². The van der Waals surface area contributed by atoms with Gasteiger partial charge in [0.05, 0.1) is 23.7 Å². The van der Waals surface area contributed by atoms with Gasteiger partial charge in [-0.2, -0.15) is 0 Å². The maximum absolute atomic E-state index is 12.5. The van der Waals surface area contributed by atoms with Crippen molar-refractivity contribution >= 4 is 46.3 Å². The molecule has 0 atom stereocenters. The zero-order valence-corrected chi connectivity index (χ0v) is 15.9. The van der Waals surface area contributed by atoms with E-state index in [9.17, 15) is 9.59 Å². The summed E-state index contributed by atoms with van der Waals surface area (Å²) in [4.78, 5) is 26.3. The van der Waals surface area contributed by atoms with E-state index in [1.165, 1.54) is 12.0 Å². The smallest absolute Gasteiger partial charge is 0.295 e. The van der Waals surface area contributed by atoms with Gasteiger partial charge in [-0.05, 0) is 48.5 Å². The molecule has 1 N–H and O–H groups in total. The Labute approximate surface area is 161 Å². The van der Waals surface area contributed by atoms with Gasteiger partial charge < -0.3 is 10.1 Å². The first-order valence-electron chi connectivity index (χ1n) is 7.87. The second-order valence-corrected chi connectivity index (χ2v) is 7.11. The van der Waals surface area contributed by atoms with Gasteiger partial charge in [0.1, 0.15) is 5.75 Å². The number of nitrogens with one attached hydrogen (secondary N) is 1. The number of imide groups is 1. The van der Waals surface area contributed by atoms with Gasteiger partial charge in [-0.3, -0.25) is 14.5 Å². The zero-order valence-electron chi connectivity index (χ0n) is 14.3. The van der Waals surface area contributed by atoms with Crippen molar-refractivity contribution in [2.75, 3.05) is 19.1 Å². The van der Waals surface area contributed by atoms with Gasteiger partial charge in [-0.25, -0.2) is 0 Å². The number of aryl methyl sites for hydroxylation is 1. The zero-order chi connectivity index (χ0) is 18.7. The molecule has 134 valence electrons. The fraction of sp³-hybridized carbons (Fsp3) is 0.158. The summed E-state index contributed by atoms with van der Waals surface area (Å²) in [7, 11) is 1.54. The van der Waals surface area contributed by atoms with Crippen molar-refractivity contribution in [3.63, 3.8) is 0 Å². The van der Waals surface area contributed by atoms with Gasteiger partial charge >= 0.3 is 0 Å². The Kier molecular flexibility index (Phi) is 5.54. The molecule has 2 aromatic carbocycles. The number of carbonyl (C=O) groups excluding carboxylic acids is 2. The van der Waals surface area contributed by atoms with Crippen LogP contribution in [0.3, 0.4) is 0 Å². The number of carbonyl (C=O) groups is 2. The van der Waals surface area contributed by atoms with Crippen LogP contribution in [0.2, 0.25) is 5.02 Å². The Morgan fingerprint density at radius 3 is 2.58 bits per heavy atom. The van der Waals surface area contributed by atoms with E-state index in [2.05, 4.69) is 5.32 Å². The first-order chi connectivity index (χ1) is 12.5. The van der Waals surface area contributed by atoms with E-state index in [1.54, 1.807) is 24.3 Å². The van der Waals surface area contributed by atoms with Crippen LogP contribution in [0, 0.1) is 6.92 Å². The Balaban J connectivity index is 1.69. The van der Waals surface area contributed by atoms with Crippen LogP contribution in [-0.4, -0.2) is 29.8 Å². The highest BCUT2D eigenvalue weighted by Gasteiger charge is 2.34. The summed E-state index contributed by atoms with van der Waals surface area (Å²) in [5.74, 6) is 0.247. The summed E-state index contributed by atoms with van der Waals surface area (Å²) in [6.07, 6.45) is 1.73. The number of ether oxygens (including phenoxy) is 1. The third-order valence-corrected chi connectivity index (χ3v) is 5.04. The Bertz CT molecular complexity index is 881. The summed E-state index contributed by atoms with van der Waals surface area (Å²) in [5.41, 5.74) is 2.71. The number of nitrogens with zero attached hydrogens (tertiary/aromatic N) is 1. The summed E-state index contributed by atoms with van der Waals surface area (Å²) in [6.45, 7) is 2.06. The van der Waals surface area contributed by atoms with Crippen LogP contribution in [0.4, 0.5) is 10.5 Å². The number of hydrogen-bond donors (Lipinski definition) is 1. The predicted octanol–water partition coefficient (Wildman–Crippen LogP) is 4.76. The summed E-state index contributed by atoms with van der Waals surface area (Å²) < 4.78 is 5.10. The van der Waals surface area contributed by atoms with Crippen molar-refractivity contribution in [1.29, 1.82) is 0 Å². The van der Waals surface area contributed by atoms with Crippen molar-refractivity contribution < 1.29 is 14.3 Å². The fourth-order valence-corrected chi connectivity index (χ4v) is 3.49. The number of hydrogen-bond acceptors (Lipinski definition) is 5. The SMILES string of the molecule is COc1ccc(NCN2C(=O)S/C(=C\c3ccc(C)cc3)C2=O)cc1Cl. The van der Waals surface area contributed by atoms with E-state index in [0.29, 0.717) is 21.4 Å². The van der Waals surface area contributed by atoms with Crippen molar-refractivity contribution in [3.8, 4) is 5.75 Å². The minimum Gasteiger partial charge on any atom is -0.495 e. The Morgan fingerprint density at radius 1 is 1.19 bits per heavy atom. The van der Waals surface area contributed by atoms with Crippen molar-refractivity contribution in [2.24, 2.45) is 0 Å². The van der Waals surface area contributed by atoms with Gasteiger partial charge in [0.15, 0.2) is 0 Å². The van der Waals surface area contributed by atoms with Gasteiger partial charge in [-0.15, -0.1) is 0 Å². The monoisotopic (exact) mass is 388 g/mol. The van der Waals surface area contributed by atoms with Crippen LogP contribution < -0.4 is 10.1 Å². The van der Waals surface area contributed by atoms with Gasteiger partial charge in [0.2, 0.25) is 0 Å². The first kappa shape index (κ1) is 18.4. The molecule has 0 radical (unpaired) electrons. The van der Waals surface area contributed by atoms with E-state index in [4.69, 9.17) is 16.3 Å². The topological polar surface area (TPSA) is 58.6 Å². The molecule has 1 saturated heterocycles. The van der Waals surface area contributed by atoms with Crippen molar-refractivity contribution in [3.05, 3.63) is 63.5 Å². The molecule has 3 rings (SSSR count). The molecule has 1 fully saturated rings. The molecule has 7 heteroatoms. The number of amides is 2. The molecular weight excluding hydrogens is 372 g/mol. The standard InChI is InChI=1S/C19H17ClN2O3S/c1-12-3-5-13(6-4-12)9-17-18(23)22(19(24)26-17)11-21-14-7-8-16(25-2)15(20)10-14/h3-10,21H,11H2,1-2H3/b17-9-. The van der Waals surface area contributed by atoms with E-state index >= 15 is 0 Å². The first-order valence-corrected chi connectivity index (χ1v) is 9.07. The van der Waals surface area contributed by atoms with Crippen LogP contribution >= 0.6 is 23.4 Å². The molecule has 0 unspecified atom stereocenters. The molecule has 5 nitrogen and oxygen atoms in total. The lowest BCUT2D eigenvalue weighted by Gasteiger charge is -2.15. The normalized spacial score (nSPS) is 15.7. The van der Waals surface area contributed by atoms with Crippen LogP contribution in [0.25, 0.3) is 6.08 Å². The van der Waals surface area contributed by atoms with Crippen LogP contribution in [0.15, 0.2) is 47.4 Å². The number of methoxy groups -OCH3 is 1. The van der Waals surface area contributed by atoms with Crippen molar-refractivity contribution in [2.45, 2.75) is 6.92 Å². The van der Waals surface area contributed by atoms with E-state index in [1.807, 2.05) is 31.2 Å². The molecule has 1 aliphatic heterocycles. The molecule has 26 heavy (non-hydrogen) atoms. The van der Waals surface area contributed by atoms with E-state index in [-0.39, 0.29) is 17.8 Å². The average Bonchev–Trinajstić information content (AvgIpc) is 2.88. The van der Waals surface area contributed by atoms with Crippen LogP contribution in [-0.2, 0) is 4.79 Å². The number of benzene rings is 2. The molecule has 1 aliphatic rings. The largest absolute Gasteiger partial charge is 0.495 e. The molecule has 0 aliphatic carbocycles. The minimum atomic E-state index is -0.312. The minimum absolute atomic E-state index is 0.0680. The number of thioether (sulfide) groups is 1. The van der Waals surface area contributed by atoms with Gasteiger partial charge in [0.25, 0.3) is 11.1 Å². The highest BCUT2D eigenvalue weighted by Crippen LogP contribution is 2.32. The molecule has 0 aromatic heterocycles. The molecule has 2 aromatic rings. The highest BCUT2D eigenvalue weighted by atomic mass is 35.5. The molecule has 0 spiro atoms. The third-order valence-electron chi connectivity index (χ3n) is 3.84. The van der Waals surface area contributed by atoms with E-state index < -0.39 is 0 Å². The van der Waals surface area contributed by atoms with Gasteiger partial charge in [0, 0.05) is 5.69 Å². The Hall–Kier alpha value is -2.44. The number of halogens is 1. The molecule has 2 amide bonds. The fourth-order valence-electron chi connectivity index (χ4n) is 2.40. The Morgan fingerprint density at radius 2 is 1.92 bits per heavy atom. The van der Waals surface area contributed by atoms with Crippen LogP contribution in [0.1, 0.15) is 11.1 Å². The maximum Gasteiger partial charge on any atom is 0.295 e. The lowest BCUT2D eigenvalue weighted by molar-refractivity contribution is -0.122. The summed E-state index contributed by atoms with van der Waals surface area (Å²) in [5, 5.41) is 3.18. The lowest BCUT2D eigenvalue weighted by atomic mass is 10.1.